The van der Waals surface area contributed by atoms with E-state index >= 15 is 0 Å². The van der Waals surface area contributed by atoms with Gasteiger partial charge in [0.15, 0.2) is 11.5 Å². The predicted molar refractivity (Wildman–Crippen MR) is 60.3 cm³/mol. The molecule has 0 saturated carbocycles. The Morgan fingerprint density at radius 3 is 2.53 bits per heavy atom. The summed E-state index contributed by atoms with van der Waals surface area (Å²) in [5.74, 6) is 0.0976. The van der Waals surface area contributed by atoms with Crippen molar-refractivity contribution < 1.29 is 19.4 Å². The summed E-state index contributed by atoms with van der Waals surface area (Å²) >= 11 is 0. The first-order valence-corrected chi connectivity index (χ1v) is 4.81. The molecular weight excluding hydrogens is 224 g/mol. The van der Waals surface area contributed by atoms with Crippen LogP contribution < -0.4 is 10.4 Å². The first-order chi connectivity index (χ1) is 8.10. The van der Waals surface area contributed by atoms with Crippen LogP contribution in [0.1, 0.15) is 0 Å². The standard InChI is InChI=1S/C12H10O5/c1-16-8-5-11(17-12(15)6-8)7-2-3-9(13)10(14)4-7/h2-6,13-14H,1H3. The molecule has 0 radical (unpaired) electrons. The van der Waals surface area contributed by atoms with Crippen LogP contribution in [0.25, 0.3) is 11.3 Å². The molecular formula is C12H10O5. The van der Waals surface area contributed by atoms with Crippen molar-refractivity contribution in [1.82, 2.24) is 0 Å². The molecule has 17 heavy (non-hydrogen) atoms. The second-order valence-electron chi connectivity index (χ2n) is 3.38. The number of hydrogen-bond acceptors (Lipinski definition) is 5. The monoisotopic (exact) mass is 234 g/mol. The maximum Gasteiger partial charge on any atom is 0.339 e. The molecule has 5 heteroatoms. The zero-order valence-corrected chi connectivity index (χ0v) is 9.01. The van der Waals surface area contributed by atoms with Crippen molar-refractivity contribution in [1.29, 1.82) is 0 Å². The topological polar surface area (TPSA) is 79.9 Å². The molecule has 1 aromatic heterocycles. The fourth-order valence-corrected chi connectivity index (χ4v) is 1.39. The number of methoxy groups -OCH3 is 1. The first-order valence-electron chi connectivity index (χ1n) is 4.81. The lowest BCUT2D eigenvalue weighted by Crippen LogP contribution is -1.98. The fraction of sp³-hybridized carbons (Fsp3) is 0.0833. The van der Waals surface area contributed by atoms with Gasteiger partial charge in [0.2, 0.25) is 0 Å². The van der Waals surface area contributed by atoms with E-state index in [4.69, 9.17) is 9.15 Å². The molecule has 0 fully saturated rings. The summed E-state index contributed by atoms with van der Waals surface area (Å²) in [6, 6.07) is 6.86. The highest BCUT2D eigenvalue weighted by atomic mass is 16.5. The normalized spacial score (nSPS) is 10.2. The van der Waals surface area contributed by atoms with Crippen molar-refractivity contribution in [3.8, 4) is 28.6 Å². The van der Waals surface area contributed by atoms with Crippen LogP contribution in [-0.2, 0) is 0 Å². The van der Waals surface area contributed by atoms with Crippen LogP contribution in [0.15, 0.2) is 39.5 Å². The summed E-state index contributed by atoms with van der Waals surface area (Å²) in [5.41, 5.74) is -0.0804. The van der Waals surface area contributed by atoms with E-state index in [0.717, 1.165) is 0 Å². The van der Waals surface area contributed by atoms with Crippen LogP contribution in [0.4, 0.5) is 0 Å². The molecule has 1 aromatic carbocycles. The maximum atomic E-state index is 11.2. The first kappa shape index (κ1) is 11.1. The smallest absolute Gasteiger partial charge is 0.339 e. The number of ether oxygens (including phenoxy) is 1. The molecule has 2 rings (SSSR count). The zero-order valence-electron chi connectivity index (χ0n) is 9.01. The minimum absolute atomic E-state index is 0.237. The Labute approximate surface area is 96.5 Å². The highest BCUT2D eigenvalue weighted by molar-refractivity contribution is 5.62. The van der Waals surface area contributed by atoms with Crippen LogP contribution in [-0.4, -0.2) is 17.3 Å². The predicted octanol–water partition coefficient (Wildman–Crippen LogP) is 1.73. The summed E-state index contributed by atoms with van der Waals surface area (Å²) in [5, 5.41) is 18.5. The van der Waals surface area contributed by atoms with E-state index < -0.39 is 5.63 Å². The molecule has 0 aliphatic rings. The van der Waals surface area contributed by atoms with E-state index in [0.29, 0.717) is 11.3 Å². The minimum Gasteiger partial charge on any atom is -0.504 e. The molecule has 0 aliphatic carbocycles. The van der Waals surface area contributed by atoms with Gasteiger partial charge < -0.3 is 19.4 Å². The fourth-order valence-electron chi connectivity index (χ4n) is 1.39. The maximum absolute atomic E-state index is 11.2. The molecule has 0 saturated heterocycles. The summed E-state index contributed by atoms with van der Waals surface area (Å²) < 4.78 is 9.91. The quantitative estimate of drug-likeness (QED) is 0.773. The van der Waals surface area contributed by atoms with Gasteiger partial charge in [-0.05, 0) is 18.2 Å². The summed E-state index contributed by atoms with van der Waals surface area (Å²) in [4.78, 5) is 11.2. The van der Waals surface area contributed by atoms with Gasteiger partial charge in [-0.1, -0.05) is 0 Å². The van der Waals surface area contributed by atoms with E-state index in [9.17, 15) is 15.0 Å². The number of rotatable bonds is 2. The van der Waals surface area contributed by atoms with Crippen molar-refractivity contribution in [2.24, 2.45) is 0 Å². The van der Waals surface area contributed by atoms with E-state index in [-0.39, 0.29) is 17.3 Å². The number of hydrogen-bond donors (Lipinski definition) is 2. The van der Waals surface area contributed by atoms with Gasteiger partial charge in [-0.25, -0.2) is 4.79 Å². The highest BCUT2D eigenvalue weighted by Crippen LogP contribution is 2.30. The van der Waals surface area contributed by atoms with Gasteiger partial charge in [0.1, 0.15) is 11.5 Å². The Bertz CT molecular complexity index is 600. The van der Waals surface area contributed by atoms with Gasteiger partial charge >= 0.3 is 5.63 Å². The van der Waals surface area contributed by atoms with Crippen molar-refractivity contribution in [3.63, 3.8) is 0 Å². The van der Waals surface area contributed by atoms with E-state index in [2.05, 4.69) is 0 Å². The summed E-state index contributed by atoms with van der Waals surface area (Å²) in [7, 11) is 1.44. The average Bonchev–Trinajstić information content (AvgIpc) is 2.32. The van der Waals surface area contributed by atoms with Gasteiger partial charge in [-0.3, -0.25) is 0 Å². The number of phenols is 2. The van der Waals surface area contributed by atoms with Crippen LogP contribution in [0.2, 0.25) is 0 Å². The Morgan fingerprint density at radius 1 is 1.12 bits per heavy atom. The Kier molecular flexibility index (Phi) is 2.74. The molecule has 2 aromatic rings. The third-order valence-corrected chi connectivity index (χ3v) is 2.24. The molecule has 88 valence electrons. The third-order valence-electron chi connectivity index (χ3n) is 2.24. The van der Waals surface area contributed by atoms with Crippen molar-refractivity contribution in [2.45, 2.75) is 0 Å². The van der Waals surface area contributed by atoms with Crippen LogP contribution in [0.3, 0.4) is 0 Å². The molecule has 0 spiro atoms. The molecule has 0 amide bonds. The van der Waals surface area contributed by atoms with Crippen molar-refractivity contribution >= 4 is 0 Å². The Balaban J connectivity index is 2.55. The minimum atomic E-state index is -0.549. The zero-order chi connectivity index (χ0) is 12.4. The van der Waals surface area contributed by atoms with Gasteiger partial charge in [-0.2, -0.15) is 0 Å². The van der Waals surface area contributed by atoms with E-state index in [1.54, 1.807) is 0 Å². The molecule has 2 N–H and O–H groups in total. The van der Waals surface area contributed by atoms with Crippen LogP contribution in [0, 0.1) is 0 Å². The number of phenolic OH excluding ortho intramolecular Hbond substituents is 2. The lowest BCUT2D eigenvalue weighted by Gasteiger charge is -2.04. The Hall–Kier alpha value is -2.43. The number of aromatic hydroxyl groups is 2. The van der Waals surface area contributed by atoms with E-state index in [1.807, 2.05) is 0 Å². The Morgan fingerprint density at radius 2 is 1.88 bits per heavy atom. The van der Waals surface area contributed by atoms with Gasteiger partial charge in [0, 0.05) is 11.6 Å². The van der Waals surface area contributed by atoms with Gasteiger partial charge in [-0.15, -0.1) is 0 Å². The third kappa shape index (κ3) is 2.23. The lowest BCUT2D eigenvalue weighted by atomic mass is 10.1. The number of benzene rings is 1. The molecule has 0 bridgehead atoms. The second kappa shape index (κ2) is 4.21. The molecule has 0 aliphatic heterocycles. The molecule has 0 atom stereocenters. The van der Waals surface area contributed by atoms with Crippen LogP contribution in [0.5, 0.6) is 17.2 Å². The van der Waals surface area contributed by atoms with Gasteiger partial charge in [0.05, 0.1) is 13.2 Å². The van der Waals surface area contributed by atoms with Crippen molar-refractivity contribution in [2.75, 3.05) is 7.11 Å². The second-order valence-corrected chi connectivity index (χ2v) is 3.38. The molecule has 1 heterocycles. The average molecular weight is 234 g/mol. The summed E-state index contributed by atoms with van der Waals surface area (Å²) in [6.45, 7) is 0. The van der Waals surface area contributed by atoms with Crippen molar-refractivity contribution in [3.05, 3.63) is 40.8 Å². The van der Waals surface area contributed by atoms with Gasteiger partial charge in [0.25, 0.3) is 0 Å². The van der Waals surface area contributed by atoms with E-state index in [1.165, 1.54) is 37.4 Å². The molecule has 0 unspecified atom stereocenters. The summed E-state index contributed by atoms with van der Waals surface area (Å²) in [6.07, 6.45) is 0. The van der Waals surface area contributed by atoms with Crippen LogP contribution >= 0.6 is 0 Å². The molecule has 5 nitrogen and oxygen atoms in total. The SMILES string of the molecule is COc1cc(-c2ccc(O)c(O)c2)oc(=O)c1. The lowest BCUT2D eigenvalue weighted by molar-refractivity contribution is 0.401. The largest absolute Gasteiger partial charge is 0.504 e. The highest BCUT2D eigenvalue weighted by Gasteiger charge is 2.07.